The minimum atomic E-state index is -1.17. The van der Waals surface area contributed by atoms with E-state index in [2.05, 4.69) is 5.32 Å². The number of amides is 1. The Morgan fingerprint density at radius 3 is 2.38 bits per heavy atom. The summed E-state index contributed by atoms with van der Waals surface area (Å²) in [5.74, 6) is -0.282. The van der Waals surface area contributed by atoms with Gasteiger partial charge in [0, 0.05) is 0 Å². The Bertz CT molecular complexity index is 261. The fourth-order valence-corrected chi connectivity index (χ4v) is 2.77. The Balaban J connectivity index is 1.90. The van der Waals surface area contributed by atoms with Gasteiger partial charge in [-0.15, -0.1) is 0 Å². The molecule has 0 aliphatic heterocycles. The summed E-state index contributed by atoms with van der Waals surface area (Å²) in [7, 11) is 0. The van der Waals surface area contributed by atoms with E-state index < -0.39 is 11.7 Å². The second-order valence-corrected chi connectivity index (χ2v) is 5.17. The zero-order chi connectivity index (χ0) is 11.6. The number of carbonyl (C=O) groups excluding carboxylic acids is 1. The maximum Gasteiger partial charge on any atom is 0.252 e. The number of hydrogen-bond donors (Lipinski definition) is 3. The number of rotatable bonds is 2. The van der Waals surface area contributed by atoms with Crippen molar-refractivity contribution in [3.63, 3.8) is 0 Å². The molecule has 2 fully saturated rings. The third-order valence-electron chi connectivity index (χ3n) is 3.90. The summed E-state index contributed by atoms with van der Waals surface area (Å²) < 4.78 is 0. The first-order chi connectivity index (χ1) is 7.62. The summed E-state index contributed by atoms with van der Waals surface area (Å²) in [6, 6.07) is -0.161. The molecule has 2 aliphatic rings. The monoisotopic (exact) mass is 227 g/mol. The third kappa shape index (κ3) is 2.38. The molecule has 0 radical (unpaired) electrons. The summed E-state index contributed by atoms with van der Waals surface area (Å²) in [5.41, 5.74) is -1.17. The van der Waals surface area contributed by atoms with Crippen molar-refractivity contribution in [3.05, 3.63) is 0 Å². The van der Waals surface area contributed by atoms with Crippen molar-refractivity contribution >= 4 is 5.91 Å². The van der Waals surface area contributed by atoms with Crippen LogP contribution in [0.3, 0.4) is 0 Å². The van der Waals surface area contributed by atoms with Crippen molar-refractivity contribution in [1.29, 1.82) is 0 Å². The zero-order valence-corrected chi connectivity index (χ0v) is 9.61. The number of nitrogens with one attached hydrogen (secondary N) is 1. The minimum absolute atomic E-state index is 0.161. The van der Waals surface area contributed by atoms with E-state index in [4.69, 9.17) is 0 Å². The Kier molecular flexibility index (Phi) is 3.50. The van der Waals surface area contributed by atoms with Gasteiger partial charge in [-0.1, -0.05) is 12.8 Å². The number of aliphatic hydroxyl groups is 2. The summed E-state index contributed by atoms with van der Waals surface area (Å²) in [6.45, 7) is 0. The van der Waals surface area contributed by atoms with Gasteiger partial charge in [0.25, 0.3) is 5.91 Å². The molecule has 0 bridgehead atoms. The highest BCUT2D eigenvalue weighted by Crippen LogP contribution is 2.30. The van der Waals surface area contributed by atoms with Crippen molar-refractivity contribution in [3.8, 4) is 0 Å². The van der Waals surface area contributed by atoms with Crippen molar-refractivity contribution in [1.82, 2.24) is 5.32 Å². The maximum atomic E-state index is 11.9. The molecule has 2 aliphatic carbocycles. The second-order valence-electron chi connectivity index (χ2n) is 5.17. The molecule has 2 rings (SSSR count). The van der Waals surface area contributed by atoms with Crippen LogP contribution in [0.15, 0.2) is 0 Å². The van der Waals surface area contributed by atoms with Gasteiger partial charge in [0.15, 0.2) is 0 Å². The van der Waals surface area contributed by atoms with Gasteiger partial charge in [-0.2, -0.15) is 0 Å². The van der Waals surface area contributed by atoms with Gasteiger partial charge in [-0.25, -0.2) is 0 Å². The molecule has 1 amide bonds. The summed E-state index contributed by atoms with van der Waals surface area (Å²) in [6.07, 6.45) is 6.14. The van der Waals surface area contributed by atoms with Gasteiger partial charge < -0.3 is 15.5 Å². The van der Waals surface area contributed by atoms with E-state index in [1.54, 1.807) is 0 Å². The summed E-state index contributed by atoms with van der Waals surface area (Å²) in [5, 5.41) is 22.6. The van der Waals surface area contributed by atoms with Crippen LogP contribution < -0.4 is 5.32 Å². The van der Waals surface area contributed by atoms with Gasteiger partial charge in [-0.3, -0.25) is 4.79 Å². The molecule has 0 saturated heterocycles. The SMILES string of the molecule is O=C(N[C@@H]1CCCC[C@H]1O)C1(O)CCCC1. The highest BCUT2D eigenvalue weighted by Gasteiger charge is 2.40. The molecule has 92 valence electrons. The minimum Gasteiger partial charge on any atom is -0.391 e. The molecule has 0 unspecified atom stereocenters. The zero-order valence-electron chi connectivity index (χ0n) is 9.61. The van der Waals surface area contributed by atoms with Crippen molar-refractivity contribution in [2.75, 3.05) is 0 Å². The molecule has 0 aromatic heterocycles. The molecule has 16 heavy (non-hydrogen) atoms. The van der Waals surface area contributed by atoms with Crippen LogP contribution in [0.2, 0.25) is 0 Å². The van der Waals surface area contributed by atoms with Gasteiger partial charge in [0.1, 0.15) is 5.60 Å². The average molecular weight is 227 g/mol. The summed E-state index contributed by atoms with van der Waals surface area (Å²) in [4.78, 5) is 11.9. The number of carbonyl (C=O) groups is 1. The van der Waals surface area contributed by atoms with Gasteiger partial charge >= 0.3 is 0 Å². The molecular weight excluding hydrogens is 206 g/mol. The topological polar surface area (TPSA) is 69.6 Å². The van der Waals surface area contributed by atoms with Crippen LogP contribution in [-0.2, 0) is 4.79 Å². The van der Waals surface area contributed by atoms with Crippen LogP contribution in [0.25, 0.3) is 0 Å². The molecule has 2 atom stereocenters. The Morgan fingerprint density at radius 2 is 1.75 bits per heavy atom. The van der Waals surface area contributed by atoms with Crippen LogP contribution in [-0.4, -0.2) is 33.9 Å². The summed E-state index contributed by atoms with van der Waals surface area (Å²) >= 11 is 0. The lowest BCUT2D eigenvalue weighted by molar-refractivity contribution is -0.141. The molecule has 4 nitrogen and oxygen atoms in total. The van der Waals surface area contributed by atoms with E-state index in [0.717, 1.165) is 38.5 Å². The largest absolute Gasteiger partial charge is 0.391 e. The Morgan fingerprint density at radius 1 is 1.12 bits per heavy atom. The van der Waals surface area contributed by atoms with E-state index in [1.807, 2.05) is 0 Å². The normalized spacial score (nSPS) is 33.6. The first-order valence-electron chi connectivity index (χ1n) is 6.33. The van der Waals surface area contributed by atoms with Crippen LogP contribution >= 0.6 is 0 Å². The van der Waals surface area contributed by atoms with E-state index >= 15 is 0 Å². The van der Waals surface area contributed by atoms with Gasteiger partial charge in [0.2, 0.25) is 0 Å². The van der Waals surface area contributed by atoms with Crippen molar-refractivity contribution in [2.45, 2.75) is 69.1 Å². The maximum absolute atomic E-state index is 11.9. The van der Waals surface area contributed by atoms with Crippen molar-refractivity contribution in [2.24, 2.45) is 0 Å². The molecule has 4 heteroatoms. The van der Waals surface area contributed by atoms with E-state index in [9.17, 15) is 15.0 Å². The van der Waals surface area contributed by atoms with Crippen LogP contribution in [0, 0.1) is 0 Å². The molecular formula is C12H21NO3. The number of aliphatic hydroxyl groups excluding tert-OH is 1. The second kappa shape index (κ2) is 4.72. The quantitative estimate of drug-likeness (QED) is 0.650. The third-order valence-corrected chi connectivity index (χ3v) is 3.90. The lowest BCUT2D eigenvalue weighted by Crippen LogP contribution is -2.53. The van der Waals surface area contributed by atoms with Crippen LogP contribution in [0.5, 0.6) is 0 Å². The lowest BCUT2D eigenvalue weighted by Gasteiger charge is -2.31. The van der Waals surface area contributed by atoms with E-state index in [1.165, 1.54) is 0 Å². The smallest absolute Gasteiger partial charge is 0.252 e. The van der Waals surface area contributed by atoms with Gasteiger partial charge in [-0.05, 0) is 38.5 Å². The van der Waals surface area contributed by atoms with Crippen LogP contribution in [0.4, 0.5) is 0 Å². The standard InChI is InChI=1S/C12H21NO3/c14-10-6-2-1-5-9(10)13-11(15)12(16)7-3-4-8-12/h9-10,14,16H,1-8H2,(H,13,15)/t9-,10-/m1/s1. The van der Waals surface area contributed by atoms with Gasteiger partial charge in [0.05, 0.1) is 12.1 Å². The molecule has 0 spiro atoms. The molecule has 3 N–H and O–H groups in total. The number of hydrogen-bond acceptors (Lipinski definition) is 3. The highest BCUT2D eigenvalue weighted by molar-refractivity contribution is 5.85. The first-order valence-corrected chi connectivity index (χ1v) is 6.33. The van der Waals surface area contributed by atoms with Crippen molar-refractivity contribution < 1.29 is 15.0 Å². The highest BCUT2D eigenvalue weighted by atomic mass is 16.3. The first kappa shape index (κ1) is 11.9. The molecule has 2 saturated carbocycles. The molecule has 0 aromatic rings. The molecule has 0 aromatic carbocycles. The van der Waals surface area contributed by atoms with E-state index in [-0.39, 0.29) is 11.9 Å². The fourth-order valence-electron chi connectivity index (χ4n) is 2.77. The van der Waals surface area contributed by atoms with Crippen LogP contribution in [0.1, 0.15) is 51.4 Å². The Hall–Kier alpha value is -0.610. The van der Waals surface area contributed by atoms with E-state index in [0.29, 0.717) is 12.8 Å². The lowest BCUT2D eigenvalue weighted by atomic mass is 9.91. The Labute approximate surface area is 96.0 Å². The predicted molar refractivity (Wildman–Crippen MR) is 59.8 cm³/mol. The fraction of sp³-hybridized carbons (Fsp3) is 0.917. The predicted octanol–water partition coefficient (Wildman–Crippen LogP) is 0.711. The average Bonchev–Trinajstić information content (AvgIpc) is 2.70. The molecule has 0 heterocycles.